The highest BCUT2D eigenvalue weighted by Crippen LogP contribution is 2.41. The lowest BCUT2D eigenvalue weighted by molar-refractivity contribution is 0.648. The predicted molar refractivity (Wildman–Crippen MR) is 136 cm³/mol. The van der Waals surface area contributed by atoms with Gasteiger partial charge in [-0.1, -0.05) is 68.4 Å². The molecule has 0 aliphatic heterocycles. The van der Waals surface area contributed by atoms with Gasteiger partial charge in [-0.05, 0) is 59.0 Å². The Morgan fingerprint density at radius 3 is 2.42 bits per heavy atom. The molecule has 0 amide bonds. The molecule has 0 aliphatic rings. The number of thiophene rings is 1. The van der Waals surface area contributed by atoms with E-state index in [1.54, 1.807) is 0 Å². The molecule has 0 fully saturated rings. The summed E-state index contributed by atoms with van der Waals surface area (Å²) in [5, 5.41) is 6.44. The Balaban J connectivity index is 1.63. The molecule has 1 nitrogen and oxygen atoms in total. The van der Waals surface area contributed by atoms with E-state index in [0.29, 0.717) is 5.92 Å². The molecule has 0 atom stereocenters. The molecule has 0 unspecified atom stereocenters. The summed E-state index contributed by atoms with van der Waals surface area (Å²) in [6.45, 7) is 4.57. The van der Waals surface area contributed by atoms with Crippen LogP contribution in [0.2, 0.25) is 0 Å². The van der Waals surface area contributed by atoms with Crippen LogP contribution in [-0.2, 0) is 6.42 Å². The number of rotatable bonds is 3. The first kappa shape index (κ1) is 18.5. The molecule has 150 valence electrons. The van der Waals surface area contributed by atoms with E-state index in [-0.39, 0.29) is 0 Å². The van der Waals surface area contributed by atoms with Gasteiger partial charge in [0.05, 0.1) is 11.2 Å². The minimum atomic E-state index is 0.617. The van der Waals surface area contributed by atoms with Gasteiger partial charge in [-0.15, -0.1) is 11.3 Å². The van der Waals surface area contributed by atoms with Gasteiger partial charge in [-0.2, -0.15) is 0 Å². The smallest absolute Gasteiger partial charge is 0.0724 e. The molecule has 0 N–H and O–H groups in total. The summed E-state index contributed by atoms with van der Waals surface area (Å²) in [7, 11) is 0. The number of hydrogen-bond acceptors (Lipinski definition) is 2. The normalized spacial score (nSPS) is 12.0. The van der Waals surface area contributed by atoms with Gasteiger partial charge in [-0.25, -0.2) is 4.98 Å². The Kier molecular flexibility index (Phi) is 4.29. The quantitative estimate of drug-likeness (QED) is 0.263. The summed E-state index contributed by atoms with van der Waals surface area (Å²) >= 11 is 1.88. The fourth-order valence-corrected chi connectivity index (χ4v) is 5.91. The minimum Gasteiger partial charge on any atom is -0.248 e. The predicted octanol–water partition coefficient (Wildman–Crippen LogP) is 8.62. The molecule has 0 saturated heterocycles. The Bertz CT molecular complexity index is 1590. The lowest BCUT2D eigenvalue weighted by Gasteiger charge is -2.11. The molecule has 4 aromatic carbocycles. The number of nitrogens with zero attached hydrogens (tertiary/aromatic N) is 1. The van der Waals surface area contributed by atoms with Crippen LogP contribution < -0.4 is 0 Å². The van der Waals surface area contributed by atoms with Crippen LogP contribution in [0.15, 0.2) is 84.9 Å². The summed E-state index contributed by atoms with van der Waals surface area (Å²) < 4.78 is 2.67. The van der Waals surface area contributed by atoms with Crippen molar-refractivity contribution in [3.8, 4) is 11.3 Å². The van der Waals surface area contributed by atoms with Crippen molar-refractivity contribution in [1.29, 1.82) is 0 Å². The zero-order chi connectivity index (χ0) is 20.9. The minimum absolute atomic E-state index is 0.617. The summed E-state index contributed by atoms with van der Waals surface area (Å²) in [5.41, 5.74) is 4.76. The van der Waals surface area contributed by atoms with Gasteiger partial charge in [0.15, 0.2) is 0 Å². The van der Waals surface area contributed by atoms with E-state index in [9.17, 15) is 0 Å². The summed E-state index contributed by atoms with van der Waals surface area (Å²) in [5.74, 6) is 0.617. The zero-order valence-electron chi connectivity index (χ0n) is 17.7. The fraction of sp³-hybridized carbons (Fsp3) is 0.138. The number of fused-ring (bicyclic) bond motifs is 6. The summed E-state index contributed by atoms with van der Waals surface area (Å²) in [6, 6.07) is 30.8. The zero-order valence-corrected chi connectivity index (χ0v) is 18.5. The van der Waals surface area contributed by atoms with Crippen LogP contribution in [-0.4, -0.2) is 4.98 Å². The second-order valence-electron chi connectivity index (χ2n) is 8.77. The second kappa shape index (κ2) is 7.18. The topological polar surface area (TPSA) is 12.9 Å². The fourth-order valence-electron chi connectivity index (χ4n) is 4.70. The van der Waals surface area contributed by atoms with Crippen molar-refractivity contribution < 1.29 is 0 Å². The van der Waals surface area contributed by atoms with E-state index in [2.05, 4.69) is 98.8 Å². The first-order chi connectivity index (χ1) is 15.2. The first-order valence-electron chi connectivity index (χ1n) is 10.9. The third-order valence-corrected chi connectivity index (χ3v) is 7.27. The standard InChI is InChI=1S/C29H23NS/c1-18(2)15-19-16-24-23-9-5-6-10-28(23)31-29(24)25(17-19)27-14-12-22-21-8-4-3-7-20(21)11-13-26(22)30-27/h3-14,16-18H,15H2,1-2H3. The third-order valence-electron chi connectivity index (χ3n) is 6.05. The average Bonchev–Trinajstić information content (AvgIpc) is 3.16. The molecule has 0 aliphatic carbocycles. The van der Waals surface area contributed by atoms with Gasteiger partial charge in [-0.3, -0.25) is 0 Å². The van der Waals surface area contributed by atoms with E-state index in [1.807, 2.05) is 11.3 Å². The van der Waals surface area contributed by atoms with Crippen molar-refractivity contribution in [2.45, 2.75) is 20.3 Å². The lowest BCUT2D eigenvalue weighted by Crippen LogP contribution is -1.95. The van der Waals surface area contributed by atoms with E-state index >= 15 is 0 Å². The average molecular weight is 418 g/mol. The molecule has 2 aromatic heterocycles. The van der Waals surface area contributed by atoms with Crippen molar-refractivity contribution in [1.82, 2.24) is 4.98 Å². The molecular formula is C29H23NS. The van der Waals surface area contributed by atoms with Crippen LogP contribution in [0.5, 0.6) is 0 Å². The molecule has 6 aromatic rings. The van der Waals surface area contributed by atoms with Gasteiger partial charge in [0, 0.05) is 31.1 Å². The lowest BCUT2D eigenvalue weighted by atomic mass is 9.96. The highest BCUT2D eigenvalue weighted by Gasteiger charge is 2.14. The highest BCUT2D eigenvalue weighted by atomic mass is 32.1. The van der Waals surface area contributed by atoms with Crippen molar-refractivity contribution in [3.63, 3.8) is 0 Å². The maximum atomic E-state index is 5.14. The second-order valence-corrected chi connectivity index (χ2v) is 9.82. The van der Waals surface area contributed by atoms with Crippen molar-refractivity contribution in [2.75, 3.05) is 0 Å². The number of aromatic nitrogens is 1. The van der Waals surface area contributed by atoms with Crippen molar-refractivity contribution in [2.24, 2.45) is 5.92 Å². The van der Waals surface area contributed by atoms with Crippen LogP contribution >= 0.6 is 11.3 Å². The van der Waals surface area contributed by atoms with Gasteiger partial charge >= 0.3 is 0 Å². The molecule has 0 radical (unpaired) electrons. The van der Waals surface area contributed by atoms with Gasteiger partial charge in [0.25, 0.3) is 0 Å². The Morgan fingerprint density at radius 2 is 1.55 bits per heavy atom. The Labute approximate surface area is 186 Å². The van der Waals surface area contributed by atoms with Crippen LogP contribution in [0.1, 0.15) is 19.4 Å². The van der Waals surface area contributed by atoms with Gasteiger partial charge in [0.2, 0.25) is 0 Å². The van der Waals surface area contributed by atoms with Crippen molar-refractivity contribution in [3.05, 3.63) is 90.5 Å². The molecule has 2 heterocycles. The first-order valence-corrected chi connectivity index (χ1v) is 11.7. The molecule has 0 bridgehead atoms. The van der Waals surface area contributed by atoms with E-state index in [4.69, 9.17) is 4.98 Å². The number of pyridine rings is 1. The van der Waals surface area contributed by atoms with Crippen molar-refractivity contribution >= 4 is 53.2 Å². The molecular weight excluding hydrogens is 394 g/mol. The Hall–Kier alpha value is -3.23. The largest absolute Gasteiger partial charge is 0.248 e. The van der Waals surface area contributed by atoms with Gasteiger partial charge < -0.3 is 0 Å². The SMILES string of the molecule is CC(C)Cc1cc(-c2ccc3c(ccc4ccccc43)n2)c2sc3ccccc3c2c1. The third kappa shape index (κ3) is 3.10. The number of benzene rings is 4. The molecule has 31 heavy (non-hydrogen) atoms. The van der Waals surface area contributed by atoms with Crippen LogP contribution in [0.25, 0.3) is 53.1 Å². The highest BCUT2D eigenvalue weighted by molar-refractivity contribution is 7.26. The summed E-state index contributed by atoms with van der Waals surface area (Å²) in [6.07, 6.45) is 1.07. The van der Waals surface area contributed by atoms with E-state index in [0.717, 1.165) is 17.6 Å². The maximum Gasteiger partial charge on any atom is 0.0724 e. The van der Waals surface area contributed by atoms with E-state index in [1.165, 1.54) is 47.5 Å². The number of hydrogen-bond donors (Lipinski definition) is 0. The molecule has 0 spiro atoms. The Morgan fingerprint density at radius 1 is 0.742 bits per heavy atom. The summed E-state index contributed by atoms with van der Waals surface area (Å²) in [4.78, 5) is 5.14. The van der Waals surface area contributed by atoms with E-state index < -0.39 is 0 Å². The molecule has 0 saturated carbocycles. The monoisotopic (exact) mass is 417 g/mol. The van der Waals surface area contributed by atoms with Gasteiger partial charge in [0.1, 0.15) is 0 Å². The van der Waals surface area contributed by atoms with Crippen LogP contribution in [0.3, 0.4) is 0 Å². The van der Waals surface area contributed by atoms with Crippen LogP contribution in [0.4, 0.5) is 0 Å². The molecule has 6 rings (SSSR count). The maximum absolute atomic E-state index is 5.14. The van der Waals surface area contributed by atoms with Crippen LogP contribution in [0, 0.1) is 5.92 Å². The molecule has 2 heteroatoms.